The van der Waals surface area contributed by atoms with Crippen LogP contribution in [0.4, 0.5) is 17.3 Å². The first-order chi connectivity index (χ1) is 12.7. The quantitative estimate of drug-likeness (QED) is 0.716. The molecule has 8 heteroatoms. The van der Waals surface area contributed by atoms with Gasteiger partial charge in [-0.3, -0.25) is 0 Å². The molecule has 0 aliphatic heterocycles. The average molecular weight is 348 g/mol. The first-order valence-corrected chi connectivity index (χ1v) is 8.49. The summed E-state index contributed by atoms with van der Waals surface area (Å²) in [5.74, 6) is 6.84. The molecule has 2 heterocycles. The van der Waals surface area contributed by atoms with Crippen molar-refractivity contribution in [3.8, 4) is 17.9 Å². The molecular formula is C18H20N8. The second-order valence-electron chi connectivity index (χ2n) is 6.16. The Balaban J connectivity index is 1.80. The summed E-state index contributed by atoms with van der Waals surface area (Å²) in [6.07, 6.45) is 7.04. The maximum Gasteiger partial charge on any atom is 0.159 e. The lowest BCUT2D eigenvalue weighted by atomic mass is 9.91. The molecule has 132 valence electrons. The molecule has 1 fully saturated rings. The molecule has 1 aliphatic rings. The second kappa shape index (κ2) is 8.24. The van der Waals surface area contributed by atoms with E-state index in [0.717, 1.165) is 31.4 Å². The Morgan fingerprint density at radius 3 is 2.77 bits per heavy atom. The zero-order valence-corrected chi connectivity index (χ0v) is 14.5. The zero-order chi connectivity index (χ0) is 18.4. The molecule has 3 rings (SSSR count). The summed E-state index contributed by atoms with van der Waals surface area (Å²) in [5.41, 5.74) is 7.76. The minimum Gasteiger partial charge on any atom is -0.380 e. The third-order valence-electron chi connectivity index (χ3n) is 4.13. The molecule has 1 saturated carbocycles. The fraction of sp³-hybridized carbons (Fsp3) is 0.389. The van der Waals surface area contributed by atoms with E-state index in [4.69, 9.17) is 11.0 Å². The molecule has 8 nitrogen and oxygen atoms in total. The Kier molecular flexibility index (Phi) is 5.57. The number of nitrogens with zero attached hydrogens (tertiary/aromatic N) is 5. The topological polar surface area (TPSA) is 125 Å². The van der Waals surface area contributed by atoms with Crippen molar-refractivity contribution >= 4 is 17.3 Å². The van der Waals surface area contributed by atoms with Crippen molar-refractivity contribution in [3.05, 3.63) is 29.8 Å². The van der Waals surface area contributed by atoms with E-state index in [1.807, 2.05) is 12.1 Å². The van der Waals surface area contributed by atoms with E-state index in [0.29, 0.717) is 23.4 Å². The molecule has 0 bridgehead atoms. The van der Waals surface area contributed by atoms with Crippen LogP contribution in [0.2, 0.25) is 0 Å². The van der Waals surface area contributed by atoms with Gasteiger partial charge in [0, 0.05) is 18.2 Å². The van der Waals surface area contributed by atoms with E-state index < -0.39 is 0 Å². The highest BCUT2D eigenvalue weighted by molar-refractivity contribution is 5.63. The molecule has 26 heavy (non-hydrogen) atoms. The summed E-state index contributed by atoms with van der Waals surface area (Å²) in [5, 5.41) is 23.7. The highest BCUT2D eigenvalue weighted by Crippen LogP contribution is 2.24. The molecule has 0 amide bonds. The SMILES string of the molecule is CC#Cc1nnc(Nc2cnc(C#N)cn2)cc1NC1CCCC(N)C1. The predicted molar refractivity (Wildman–Crippen MR) is 98.5 cm³/mol. The van der Waals surface area contributed by atoms with Gasteiger partial charge in [0.1, 0.15) is 11.9 Å². The van der Waals surface area contributed by atoms with E-state index in [1.54, 1.807) is 6.92 Å². The van der Waals surface area contributed by atoms with Gasteiger partial charge in [-0.25, -0.2) is 9.97 Å². The summed E-state index contributed by atoms with van der Waals surface area (Å²) in [7, 11) is 0. The Labute approximate surface area is 152 Å². The van der Waals surface area contributed by atoms with E-state index in [2.05, 4.69) is 42.6 Å². The van der Waals surface area contributed by atoms with Crippen LogP contribution in [-0.2, 0) is 0 Å². The third-order valence-corrected chi connectivity index (χ3v) is 4.13. The van der Waals surface area contributed by atoms with Crippen LogP contribution in [0.3, 0.4) is 0 Å². The van der Waals surface area contributed by atoms with Crippen LogP contribution in [0.1, 0.15) is 44.0 Å². The molecule has 4 N–H and O–H groups in total. The molecule has 0 saturated heterocycles. The lowest BCUT2D eigenvalue weighted by molar-refractivity contribution is 0.409. The van der Waals surface area contributed by atoms with Gasteiger partial charge in [0.25, 0.3) is 0 Å². The smallest absolute Gasteiger partial charge is 0.159 e. The number of hydrogen-bond donors (Lipinski definition) is 3. The second-order valence-corrected chi connectivity index (χ2v) is 6.16. The number of nitrogens with one attached hydrogen (secondary N) is 2. The monoisotopic (exact) mass is 348 g/mol. The number of nitrogens with two attached hydrogens (primary N) is 1. The van der Waals surface area contributed by atoms with Crippen LogP contribution in [0.15, 0.2) is 18.5 Å². The minimum absolute atomic E-state index is 0.225. The Hall–Kier alpha value is -3.23. The lowest BCUT2D eigenvalue weighted by Gasteiger charge is -2.28. The van der Waals surface area contributed by atoms with Crippen molar-refractivity contribution in [2.24, 2.45) is 5.73 Å². The molecule has 2 unspecified atom stereocenters. The summed E-state index contributed by atoms with van der Waals surface area (Å²) in [6.45, 7) is 1.76. The largest absolute Gasteiger partial charge is 0.380 e. The van der Waals surface area contributed by atoms with Gasteiger partial charge in [0.15, 0.2) is 17.2 Å². The molecule has 0 aromatic carbocycles. The summed E-state index contributed by atoms with van der Waals surface area (Å²) < 4.78 is 0. The zero-order valence-electron chi connectivity index (χ0n) is 14.5. The van der Waals surface area contributed by atoms with Crippen LogP contribution in [0.5, 0.6) is 0 Å². The van der Waals surface area contributed by atoms with Crippen LogP contribution >= 0.6 is 0 Å². The van der Waals surface area contributed by atoms with E-state index in [1.165, 1.54) is 12.4 Å². The van der Waals surface area contributed by atoms with Gasteiger partial charge in [0.2, 0.25) is 0 Å². The minimum atomic E-state index is 0.225. The van der Waals surface area contributed by atoms with Crippen molar-refractivity contribution in [3.63, 3.8) is 0 Å². The number of rotatable bonds is 4. The van der Waals surface area contributed by atoms with Crippen molar-refractivity contribution in [1.29, 1.82) is 5.26 Å². The van der Waals surface area contributed by atoms with Crippen molar-refractivity contribution in [1.82, 2.24) is 20.2 Å². The van der Waals surface area contributed by atoms with Crippen LogP contribution < -0.4 is 16.4 Å². The highest BCUT2D eigenvalue weighted by Gasteiger charge is 2.20. The molecule has 2 aromatic rings. The van der Waals surface area contributed by atoms with Crippen LogP contribution in [0.25, 0.3) is 0 Å². The standard InChI is InChI=1S/C18H20N8/c1-2-4-15-16(23-13-6-3-5-12(20)7-13)8-17(26-25-15)24-18-11-21-14(9-19)10-22-18/h8,10-13H,3,5-7,20H2,1H3,(H2,22,23,24,26). The molecule has 1 aliphatic carbocycles. The summed E-state index contributed by atoms with van der Waals surface area (Å²) in [6, 6.07) is 4.31. The maximum atomic E-state index is 8.78. The lowest BCUT2D eigenvalue weighted by Crippen LogP contribution is -2.35. The van der Waals surface area contributed by atoms with Crippen molar-refractivity contribution in [2.75, 3.05) is 10.6 Å². The van der Waals surface area contributed by atoms with Crippen LogP contribution in [0, 0.1) is 23.2 Å². The fourth-order valence-corrected chi connectivity index (χ4v) is 2.93. The van der Waals surface area contributed by atoms with E-state index in [9.17, 15) is 0 Å². The van der Waals surface area contributed by atoms with Crippen molar-refractivity contribution < 1.29 is 0 Å². The van der Waals surface area contributed by atoms with Crippen LogP contribution in [-0.4, -0.2) is 32.2 Å². The Bertz CT molecular complexity index is 859. The molecular weight excluding hydrogens is 328 g/mol. The van der Waals surface area contributed by atoms with Gasteiger partial charge < -0.3 is 16.4 Å². The molecule has 0 spiro atoms. The normalized spacial score (nSPS) is 19.0. The summed E-state index contributed by atoms with van der Waals surface area (Å²) >= 11 is 0. The number of nitriles is 1. The number of aromatic nitrogens is 4. The van der Waals surface area contributed by atoms with Gasteiger partial charge in [-0.05, 0) is 38.5 Å². The first-order valence-electron chi connectivity index (χ1n) is 8.49. The fourth-order valence-electron chi connectivity index (χ4n) is 2.93. The summed E-state index contributed by atoms with van der Waals surface area (Å²) in [4.78, 5) is 8.11. The Morgan fingerprint density at radius 2 is 2.08 bits per heavy atom. The predicted octanol–water partition coefficient (Wildman–Crippen LogP) is 1.94. The van der Waals surface area contributed by atoms with Gasteiger partial charge in [-0.15, -0.1) is 10.2 Å². The molecule has 2 atom stereocenters. The number of anilines is 3. The van der Waals surface area contributed by atoms with Gasteiger partial charge in [-0.1, -0.05) is 5.92 Å². The Morgan fingerprint density at radius 1 is 1.19 bits per heavy atom. The van der Waals surface area contributed by atoms with Crippen molar-refractivity contribution in [2.45, 2.75) is 44.7 Å². The molecule has 0 radical (unpaired) electrons. The van der Waals surface area contributed by atoms with Gasteiger partial charge >= 0.3 is 0 Å². The van der Waals surface area contributed by atoms with E-state index in [-0.39, 0.29) is 11.7 Å². The van der Waals surface area contributed by atoms with E-state index >= 15 is 0 Å². The first kappa shape index (κ1) is 17.6. The third kappa shape index (κ3) is 4.44. The van der Waals surface area contributed by atoms with Gasteiger partial charge in [0.05, 0.1) is 18.1 Å². The molecule has 2 aromatic heterocycles. The highest BCUT2D eigenvalue weighted by atomic mass is 15.2. The average Bonchev–Trinajstić information content (AvgIpc) is 2.65. The van der Waals surface area contributed by atoms with Gasteiger partial charge in [-0.2, -0.15) is 5.26 Å². The maximum absolute atomic E-state index is 8.78. The number of hydrogen-bond acceptors (Lipinski definition) is 8.